The van der Waals surface area contributed by atoms with Gasteiger partial charge < -0.3 is 19.6 Å². The summed E-state index contributed by atoms with van der Waals surface area (Å²) in [6.07, 6.45) is 5.81. The molecule has 3 aliphatic rings. The van der Waals surface area contributed by atoms with E-state index in [2.05, 4.69) is 15.1 Å². The van der Waals surface area contributed by atoms with Crippen molar-refractivity contribution in [2.24, 2.45) is 5.41 Å². The summed E-state index contributed by atoms with van der Waals surface area (Å²) in [6.45, 7) is 2.61. The Balaban J connectivity index is 1.25. The molecular formula is C24H32N4O3. The van der Waals surface area contributed by atoms with Crippen molar-refractivity contribution in [2.45, 2.75) is 50.7 Å². The predicted octanol–water partition coefficient (Wildman–Crippen LogP) is 3.06. The molecule has 1 spiro atoms. The van der Waals surface area contributed by atoms with Gasteiger partial charge in [-0.1, -0.05) is 12.1 Å². The van der Waals surface area contributed by atoms with E-state index < -0.39 is 5.60 Å². The number of rotatable bonds is 3. The van der Waals surface area contributed by atoms with Crippen LogP contribution in [0.4, 0.5) is 0 Å². The second kappa shape index (κ2) is 7.64. The van der Waals surface area contributed by atoms with Crippen LogP contribution in [0, 0.1) is 5.41 Å². The van der Waals surface area contributed by atoms with Crippen LogP contribution in [0.15, 0.2) is 24.3 Å². The van der Waals surface area contributed by atoms with Crippen molar-refractivity contribution >= 4 is 5.91 Å². The molecule has 2 fully saturated rings. The maximum atomic E-state index is 13.3. The monoisotopic (exact) mass is 424 g/mol. The van der Waals surface area contributed by atoms with Crippen LogP contribution in [0.1, 0.15) is 54.6 Å². The Kier molecular flexibility index (Phi) is 5.06. The number of aromatic amines is 1. The molecule has 166 valence electrons. The molecule has 1 aromatic carbocycles. The van der Waals surface area contributed by atoms with Crippen LogP contribution in [0.3, 0.4) is 0 Å². The van der Waals surface area contributed by atoms with Crippen molar-refractivity contribution in [1.29, 1.82) is 0 Å². The third-order valence-corrected chi connectivity index (χ3v) is 7.56. The zero-order chi connectivity index (χ0) is 21.6. The number of carbonyl (C=O) groups is 1. The number of ether oxygens (including phenoxy) is 1. The standard InChI is InChI=1S/C24H32N4O3/c1-27(2)16-24(30)9-7-23(8-10-24)11-13-28(14-12-23)22(29)21-18-15-31-19-6-4-3-5-17(19)20(18)25-26-21/h3-6,30H,7-16H2,1-2H3,(H,25,26). The summed E-state index contributed by atoms with van der Waals surface area (Å²) in [5, 5.41) is 18.3. The Morgan fingerprint density at radius 2 is 1.87 bits per heavy atom. The predicted molar refractivity (Wildman–Crippen MR) is 118 cm³/mol. The molecule has 2 aliphatic heterocycles. The Labute approximate surface area is 183 Å². The third-order valence-electron chi connectivity index (χ3n) is 7.56. The summed E-state index contributed by atoms with van der Waals surface area (Å²) < 4.78 is 5.87. The fourth-order valence-electron chi connectivity index (χ4n) is 5.68. The third kappa shape index (κ3) is 3.74. The molecule has 3 heterocycles. The number of aromatic nitrogens is 2. The van der Waals surface area contributed by atoms with Gasteiger partial charge in [-0.15, -0.1) is 0 Å². The molecule has 7 heteroatoms. The zero-order valence-electron chi connectivity index (χ0n) is 18.5. The topological polar surface area (TPSA) is 81.7 Å². The highest BCUT2D eigenvalue weighted by Gasteiger charge is 2.44. The number of hydrogen-bond acceptors (Lipinski definition) is 5. The number of aliphatic hydroxyl groups is 1. The highest BCUT2D eigenvalue weighted by Crippen LogP contribution is 2.48. The molecule has 31 heavy (non-hydrogen) atoms. The first kappa shape index (κ1) is 20.5. The van der Waals surface area contributed by atoms with Gasteiger partial charge in [0, 0.05) is 30.8 Å². The van der Waals surface area contributed by atoms with Crippen LogP contribution >= 0.6 is 0 Å². The number of piperidine rings is 1. The van der Waals surface area contributed by atoms with E-state index >= 15 is 0 Å². The lowest BCUT2D eigenvalue weighted by atomic mass is 9.64. The quantitative estimate of drug-likeness (QED) is 0.792. The molecule has 7 nitrogen and oxygen atoms in total. The molecule has 2 aromatic rings. The maximum absolute atomic E-state index is 13.3. The molecule has 0 unspecified atom stereocenters. The van der Waals surface area contributed by atoms with Gasteiger partial charge in [0.05, 0.1) is 5.60 Å². The number of para-hydroxylation sites is 1. The van der Waals surface area contributed by atoms with Crippen LogP contribution in [0.2, 0.25) is 0 Å². The molecule has 1 saturated heterocycles. The van der Waals surface area contributed by atoms with Crippen LogP contribution in [0.25, 0.3) is 11.3 Å². The molecule has 1 aromatic heterocycles. The first-order chi connectivity index (χ1) is 14.9. The number of H-pyrrole nitrogens is 1. The van der Waals surface area contributed by atoms with Gasteiger partial charge in [-0.25, -0.2) is 0 Å². The van der Waals surface area contributed by atoms with E-state index in [9.17, 15) is 9.90 Å². The van der Waals surface area contributed by atoms with Gasteiger partial charge in [0.1, 0.15) is 23.7 Å². The van der Waals surface area contributed by atoms with Gasteiger partial charge >= 0.3 is 0 Å². The van der Waals surface area contributed by atoms with Gasteiger partial charge in [0.25, 0.3) is 5.91 Å². The second-order valence-electron chi connectivity index (χ2n) is 9.96. The number of likely N-dealkylation sites (tertiary alicyclic amines) is 1. The molecule has 1 aliphatic carbocycles. The lowest BCUT2D eigenvalue weighted by Crippen LogP contribution is -2.50. The molecule has 0 bridgehead atoms. The average molecular weight is 425 g/mol. The molecule has 1 saturated carbocycles. The maximum Gasteiger partial charge on any atom is 0.272 e. The Bertz CT molecular complexity index is 965. The minimum Gasteiger partial charge on any atom is -0.488 e. The molecule has 2 N–H and O–H groups in total. The lowest BCUT2D eigenvalue weighted by molar-refractivity contribution is -0.0616. The number of nitrogens with zero attached hydrogens (tertiary/aromatic N) is 3. The summed E-state index contributed by atoms with van der Waals surface area (Å²) in [7, 11) is 4.04. The molecule has 1 amide bonds. The van der Waals surface area contributed by atoms with Gasteiger partial charge in [-0.05, 0) is 70.2 Å². The Morgan fingerprint density at radius 3 is 2.58 bits per heavy atom. The minimum atomic E-state index is -0.563. The first-order valence-electron chi connectivity index (χ1n) is 11.3. The normalized spacial score (nSPS) is 21.5. The molecule has 0 atom stereocenters. The van der Waals surface area contributed by atoms with E-state index in [1.54, 1.807) is 0 Å². The van der Waals surface area contributed by atoms with E-state index in [0.717, 1.165) is 80.7 Å². The van der Waals surface area contributed by atoms with E-state index in [1.807, 2.05) is 43.3 Å². The minimum absolute atomic E-state index is 0.0199. The fraction of sp³-hybridized carbons (Fsp3) is 0.583. The van der Waals surface area contributed by atoms with Crippen molar-refractivity contribution in [3.8, 4) is 17.0 Å². The lowest BCUT2D eigenvalue weighted by Gasteiger charge is -2.48. The smallest absolute Gasteiger partial charge is 0.272 e. The van der Waals surface area contributed by atoms with Crippen molar-refractivity contribution in [2.75, 3.05) is 33.7 Å². The zero-order valence-corrected chi connectivity index (χ0v) is 18.5. The summed E-state index contributed by atoms with van der Waals surface area (Å²) in [5.41, 5.74) is 2.88. The molecular weight excluding hydrogens is 392 g/mol. The van der Waals surface area contributed by atoms with E-state index in [4.69, 9.17) is 4.74 Å². The largest absolute Gasteiger partial charge is 0.488 e. The second-order valence-corrected chi connectivity index (χ2v) is 9.96. The number of nitrogens with one attached hydrogen (secondary N) is 1. The number of hydrogen-bond donors (Lipinski definition) is 2. The van der Waals surface area contributed by atoms with E-state index in [-0.39, 0.29) is 11.3 Å². The van der Waals surface area contributed by atoms with Gasteiger partial charge in [0.15, 0.2) is 0 Å². The van der Waals surface area contributed by atoms with E-state index in [0.29, 0.717) is 12.3 Å². The fourth-order valence-corrected chi connectivity index (χ4v) is 5.68. The Morgan fingerprint density at radius 1 is 1.16 bits per heavy atom. The van der Waals surface area contributed by atoms with Crippen molar-refractivity contribution in [1.82, 2.24) is 20.0 Å². The number of likely N-dealkylation sites (N-methyl/N-ethyl adjacent to an activating group) is 1. The summed E-state index contributed by atoms with van der Waals surface area (Å²) in [6, 6.07) is 7.82. The van der Waals surface area contributed by atoms with Crippen LogP contribution in [-0.4, -0.2) is 70.3 Å². The van der Waals surface area contributed by atoms with Crippen molar-refractivity contribution < 1.29 is 14.6 Å². The molecule has 5 rings (SSSR count). The highest BCUT2D eigenvalue weighted by atomic mass is 16.5. The Hall–Kier alpha value is -2.38. The van der Waals surface area contributed by atoms with Gasteiger partial charge in [0.2, 0.25) is 0 Å². The summed E-state index contributed by atoms with van der Waals surface area (Å²) >= 11 is 0. The SMILES string of the molecule is CN(C)CC1(O)CCC2(CCN(C(=O)c3[nH]nc4c3COc3ccccc3-4)CC2)CC1. The van der Waals surface area contributed by atoms with Gasteiger partial charge in [-0.3, -0.25) is 9.89 Å². The highest BCUT2D eigenvalue weighted by molar-refractivity contribution is 5.96. The van der Waals surface area contributed by atoms with Gasteiger partial charge in [-0.2, -0.15) is 5.10 Å². The number of fused-ring (bicyclic) bond motifs is 3. The average Bonchev–Trinajstić information content (AvgIpc) is 3.20. The van der Waals surface area contributed by atoms with Crippen LogP contribution in [0.5, 0.6) is 5.75 Å². The summed E-state index contributed by atoms with van der Waals surface area (Å²) in [4.78, 5) is 17.3. The van der Waals surface area contributed by atoms with E-state index in [1.165, 1.54) is 0 Å². The van der Waals surface area contributed by atoms with Crippen LogP contribution in [-0.2, 0) is 6.61 Å². The number of carbonyl (C=O) groups excluding carboxylic acids is 1. The van der Waals surface area contributed by atoms with Crippen molar-refractivity contribution in [3.63, 3.8) is 0 Å². The van der Waals surface area contributed by atoms with Crippen LogP contribution < -0.4 is 4.74 Å². The molecule has 0 radical (unpaired) electrons. The van der Waals surface area contributed by atoms with Crippen molar-refractivity contribution in [3.05, 3.63) is 35.5 Å². The summed E-state index contributed by atoms with van der Waals surface area (Å²) in [5.74, 6) is 0.832. The first-order valence-corrected chi connectivity index (χ1v) is 11.3. The number of benzene rings is 1. The number of amides is 1.